The standard InChI is InChI=1S/C25H24N4OS/c1-18-10-12-20(13-11-18)16-29-23-9-4-3-8-22(23)27-25(29)31-17-24(30)28-26-15-21-7-5-6-19(2)14-21/h3-15H,16-17H2,1-2H3,(H,28,30)/b26-15-. The molecule has 5 nitrogen and oxygen atoms in total. The first-order valence-corrected chi connectivity index (χ1v) is 11.1. The number of benzene rings is 3. The SMILES string of the molecule is Cc1ccc(Cn2c(SCC(=O)N/N=C\c3cccc(C)c3)nc3ccccc32)cc1. The van der Waals surface area contributed by atoms with Gasteiger partial charge in [-0.1, -0.05) is 83.6 Å². The Morgan fingerprint density at radius 1 is 1.03 bits per heavy atom. The lowest BCUT2D eigenvalue weighted by Crippen LogP contribution is -2.20. The molecule has 6 heteroatoms. The topological polar surface area (TPSA) is 59.3 Å². The predicted molar refractivity (Wildman–Crippen MR) is 128 cm³/mol. The van der Waals surface area contributed by atoms with Crippen molar-refractivity contribution in [2.24, 2.45) is 5.10 Å². The Bertz CT molecular complexity index is 1230. The summed E-state index contributed by atoms with van der Waals surface area (Å²) in [4.78, 5) is 17.1. The average Bonchev–Trinajstić information content (AvgIpc) is 3.11. The highest BCUT2D eigenvalue weighted by molar-refractivity contribution is 7.99. The number of aromatic nitrogens is 2. The van der Waals surface area contributed by atoms with Gasteiger partial charge < -0.3 is 4.57 Å². The van der Waals surface area contributed by atoms with Gasteiger partial charge in [-0.05, 0) is 37.1 Å². The molecule has 1 aromatic heterocycles. The predicted octanol–water partition coefficient (Wildman–Crippen LogP) is 4.94. The van der Waals surface area contributed by atoms with Crippen LogP contribution in [0.25, 0.3) is 11.0 Å². The summed E-state index contributed by atoms with van der Waals surface area (Å²) in [6.45, 7) is 4.81. The highest BCUT2D eigenvalue weighted by Gasteiger charge is 2.13. The molecule has 0 saturated heterocycles. The molecule has 1 amide bonds. The number of carbonyl (C=O) groups excluding carboxylic acids is 1. The summed E-state index contributed by atoms with van der Waals surface area (Å²) in [5.41, 5.74) is 9.12. The van der Waals surface area contributed by atoms with Crippen molar-refractivity contribution < 1.29 is 4.79 Å². The second kappa shape index (κ2) is 9.62. The molecule has 3 aromatic carbocycles. The first-order valence-electron chi connectivity index (χ1n) is 10.1. The summed E-state index contributed by atoms with van der Waals surface area (Å²) in [7, 11) is 0. The van der Waals surface area contributed by atoms with Crippen LogP contribution in [0.3, 0.4) is 0 Å². The fourth-order valence-electron chi connectivity index (χ4n) is 3.28. The Kier molecular flexibility index (Phi) is 6.48. The van der Waals surface area contributed by atoms with Gasteiger partial charge in [0.2, 0.25) is 0 Å². The Balaban J connectivity index is 1.45. The molecule has 0 spiro atoms. The van der Waals surface area contributed by atoms with E-state index in [4.69, 9.17) is 4.98 Å². The van der Waals surface area contributed by atoms with Gasteiger partial charge in [0.15, 0.2) is 5.16 Å². The number of imidazole rings is 1. The molecule has 0 unspecified atom stereocenters. The van der Waals surface area contributed by atoms with Gasteiger partial charge in [0.25, 0.3) is 5.91 Å². The third kappa shape index (κ3) is 5.41. The maximum Gasteiger partial charge on any atom is 0.250 e. The Hall–Kier alpha value is -3.38. The van der Waals surface area contributed by atoms with Crippen LogP contribution in [0.15, 0.2) is 83.1 Å². The lowest BCUT2D eigenvalue weighted by molar-refractivity contribution is -0.118. The fraction of sp³-hybridized carbons (Fsp3) is 0.160. The molecule has 156 valence electrons. The number of rotatable bonds is 7. The number of hydrazone groups is 1. The molecule has 1 N–H and O–H groups in total. The molecule has 1 heterocycles. The minimum atomic E-state index is -0.164. The molecule has 0 radical (unpaired) electrons. The molecule has 4 aromatic rings. The quantitative estimate of drug-likeness (QED) is 0.258. The molecule has 4 rings (SSSR count). The van der Waals surface area contributed by atoms with Crippen LogP contribution in [0.1, 0.15) is 22.3 Å². The number of nitrogens with zero attached hydrogens (tertiary/aromatic N) is 3. The second-order valence-corrected chi connectivity index (χ2v) is 8.39. The lowest BCUT2D eigenvalue weighted by atomic mass is 10.1. The van der Waals surface area contributed by atoms with Crippen LogP contribution < -0.4 is 5.43 Å². The number of thioether (sulfide) groups is 1. The van der Waals surface area contributed by atoms with Gasteiger partial charge in [0.05, 0.1) is 29.5 Å². The maximum atomic E-state index is 12.3. The average molecular weight is 429 g/mol. The van der Waals surface area contributed by atoms with Crippen LogP contribution in [0.4, 0.5) is 0 Å². The third-order valence-electron chi connectivity index (χ3n) is 4.86. The van der Waals surface area contributed by atoms with E-state index >= 15 is 0 Å². The van der Waals surface area contributed by atoms with Crippen LogP contribution in [-0.2, 0) is 11.3 Å². The molecular formula is C25H24N4OS. The number of para-hydroxylation sites is 2. The molecule has 0 saturated carbocycles. The molecule has 0 aliphatic rings. The van der Waals surface area contributed by atoms with Crippen molar-refractivity contribution in [3.8, 4) is 0 Å². The van der Waals surface area contributed by atoms with E-state index in [0.29, 0.717) is 6.54 Å². The number of aryl methyl sites for hydroxylation is 2. The van der Waals surface area contributed by atoms with Crippen LogP contribution in [-0.4, -0.2) is 27.4 Å². The Morgan fingerprint density at radius 2 is 1.84 bits per heavy atom. The number of carbonyl (C=O) groups is 1. The first-order chi connectivity index (χ1) is 15.1. The normalized spacial score (nSPS) is 11.3. The van der Waals surface area contributed by atoms with E-state index in [0.717, 1.165) is 27.3 Å². The summed E-state index contributed by atoms with van der Waals surface area (Å²) < 4.78 is 2.16. The minimum absolute atomic E-state index is 0.164. The van der Waals surface area contributed by atoms with E-state index in [1.165, 1.54) is 22.9 Å². The van der Waals surface area contributed by atoms with E-state index < -0.39 is 0 Å². The fourth-order valence-corrected chi connectivity index (χ4v) is 4.09. The summed E-state index contributed by atoms with van der Waals surface area (Å²) in [6.07, 6.45) is 1.65. The van der Waals surface area contributed by atoms with Crippen molar-refractivity contribution in [3.05, 3.63) is 95.1 Å². The summed E-state index contributed by atoms with van der Waals surface area (Å²) in [5.74, 6) is 0.0744. The number of nitrogens with one attached hydrogen (secondary N) is 1. The lowest BCUT2D eigenvalue weighted by Gasteiger charge is -2.09. The number of hydrogen-bond donors (Lipinski definition) is 1. The van der Waals surface area contributed by atoms with Gasteiger partial charge in [-0.25, -0.2) is 10.4 Å². The Labute approximate surface area is 186 Å². The first kappa shape index (κ1) is 20.9. The van der Waals surface area contributed by atoms with Gasteiger partial charge in [-0.2, -0.15) is 5.10 Å². The van der Waals surface area contributed by atoms with Crippen molar-refractivity contribution in [1.29, 1.82) is 0 Å². The van der Waals surface area contributed by atoms with Crippen LogP contribution in [0, 0.1) is 13.8 Å². The van der Waals surface area contributed by atoms with Crippen LogP contribution in [0.5, 0.6) is 0 Å². The van der Waals surface area contributed by atoms with E-state index in [9.17, 15) is 4.79 Å². The van der Waals surface area contributed by atoms with Gasteiger partial charge in [-0.3, -0.25) is 4.79 Å². The van der Waals surface area contributed by atoms with E-state index in [-0.39, 0.29) is 11.7 Å². The van der Waals surface area contributed by atoms with Crippen molar-refractivity contribution >= 4 is 34.9 Å². The zero-order valence-corrected chi connectivity index (χ0v) is 18.4. The van der Waals surface area contributed by atoms with Crippen molar-refractivity contribution in [3.63, 3.8) is 0 Å². The Morgan fingerprint density at radius 3 is 2.65 bits per heavy atom. The number of hydrogen-bond acceptors (Lipinski definition) is 4. The zero-order chi connectivity index (χ0) is 21.6. The molecule has 31 heavy (non-hydrogen) atoms. The molecule has 0 fully saturated rings. The molecular weight excluding hydrogens is 404 g/mol. The van der Waals surface area contributed by atoms with Crippen molar-refractivity contribution in [2.45, 2.75) is 25.5 Å². The summed E-state index contributed by atoms with van der Waals surface area (Å²) >= 11 is 1.42. The van der Waals surface area contributed by atoms with Crippen molar-refractivity contribution in [2.75, 3.05) is 5.75 Å². The number of fused-ring (bicyclic) bond motifs is 1. The largest absolute Gasteiger partial charge is 0.314 e. The second-order valence-electron chi connectivity index (χ2n) is 7.45. The highest BCUT2D eigenvalue weighted by atomic mass is 32.2. The monoisotopic (exact) mass is 428 g/mol. The van der Waals surface area contributed by atoms with Crippen molar-refractivity contribution in [1.82, 2.24) is 15.0 Å². The number of amides is 1. The van der Waals surface area contributed by atoms with Gasteiger partial charge in [0.1, 0.15) is 0 Å². The molecule has 0 aliphatic heterocycles. The van der Waals surface area contributed by atoms with Crippen LogP contribution in [0.2, 0.25) is 0 Å². The van der Waals surface area contributed by atoms with E-state index in [1.54, 1.807) is 6.21 Å². The third-order valence-corrected chi connectivity index (χ3v) is 5.83. The van der Waals surface area contributed by atoms with Crippen LogP contribution >= 0.6 is 11.8 Å². The highest BCUT2D eigenvalue weighted by Crippen LogP contribution is 2.25. The smallest absolute Gasteiger partial charge is 0.250 e. The van der Waals surface area contributed by atoms with Gasteiger partial charge in [-0.15, -0.1) is 0 Å². The molecule has 0 aliphatic carbocycles. The van der Waals surface area contributed by atoms with Gasteiger partial charge >= 0.3 is 0 Å². The van der Waals surface area contributed by atoms with E-state index in [2.05, 4.69) is 52.3 Å². The van der Waals surface area contributed by atoms with Gasteiger partial charge in [0, 0.05) is 0 Å². The summed E-state index contributed by atoms with van der Waals surface area (Å²) in [6, 6.07) is 24.5. The molecule has 0 atom stereocenters. The minimum Gasteiger partial charge on any atom is -0.314 e. The zero-order valence-electron chi connectivity index (χ0n) is 17.6. The molecule has 0 bridgehead atoms. The maximum absolute atomic E-state index is 12.3. The summed E-state index contributed by atoms with van der Waals surface area (Å²) in [5, 5.41) is 4.89. The van der Waals surface area contributed by atoms with E-state index in [1.807, 2.05) is 49.4 Å².